The molecule has 0 aliphatic carbocycles. The molecule has 10 nitrogen and oxygen atoms in total. The number of fused-ring (bicyclic) bond motifs is 1. The van der Waals surface area contributed by atoms with E-state index in [1.807, 2.05) is 48.5 Å². The monoisotopic (exact) mass is 603 g/mol. The summed E-state index contributed by atoms with van der Waals surface area (Å²) in [5.41, 5.74) is 9.27. The summed E-state index contributed by atoms with van der Waals surface area (Å²) >= 11 is 0. The van der Waals surface area contributed by atoms with Crippen molar-refractivity contribution < 1.29 is 36.3 Å². The molecular weight excluding hydrogens is 575 g/mol. The van der Waals surface area contributed by atoms with Crippen LogP contribution in [0.3, 0.4) is 0 Å². The Hall–Kier alpha value is -4.69. The highest BCUT2D eigenvalue weighted by Crippen LogP contribution is 2.26. The highest BCUT2D eigenvalue weighted by Gasteiger charge is 2.38. The van der Waals surface area contributed by atoms with Crippen molar-refractivity contribution in [3.8, 4) is 0 Å². The van der Waals surface area contributed by atoms with Crippen LogP contribution in [0.2, 0.25) is 0 Å². The van der Waals surface area contributed by atoms with Gasteiger partial charge in [-0.3, -0.25) is 4.79 Å². The number of benzene rings is 3. The minimum absolute atomic E-state index is 0.000465. The van der Waals surface area contributed by atoms with Crippen LogP contribution in [-0.2, 0) is 32.6 Å². The summed E-state index contributed by atoms with van der Waals surface area (Å²) < 4.78 is 55.1. The predicted molar refractivity (Wildman–Crippen MR) is 152 cm³/mol. The molecule has 3 aromatic carbocycles. The number of nitrogens with two attached hydrogens (primary N) is 2. The number of anilines is 2. The number of pyridine rings is 1. The normalized spacial score (nSPS) is 12.1. The quantitative estimate of drug-likeness (QED) is 0.200. The van der Waals surface area contributed by atoms with Crippen LogP contribution in [0.5, 0.6) is 0 Å². The van der Waals surface area contributed by atoms with Crippen LogP contribution in [-0.4, -0.2) is 36.6 Å². The van der Waals surface area contributed by atoms with Gasteiger partial charge in [0.1, 0.15) is 11.9 Å². The number of carbonyl (C=O) groups excluding carboxylic acids is 1. The Morgan fingerprint density at radius 1 is 1.00 bits per heavy atom. The number of carboxylic acid groups (broad SMARTS) is 1. The molecule has 1 heterocycles. The lowest BCUT2D eigenvalue weighted by molar-refractivity contribution is -0.192. The number of halogens is 3. The van der Waals surface area contributed by atoms with E-state index in [0.29, 0.717) is 11.4 Å². The second-order valence-electron chi connectivity index (χ2n) is 9.02. The molecule has 0 aliphatic rings. The van der Waals surface area contributed by atoms with Crippen LogP contribution in [0.15, 0.2) is 83.9 Å². The summed E-state index contributed by atoms with van der Waals surface area (Å²) in [6.45, 7) is 2.20. The van der Waals surface area contributed by atoms with Crippen LogP contribution >= 0.6 is 0 Å². The predicted octanol–water partition coefficient (Wildman–Crippen LogP) is 4.13. The molecule has 0 spiro atoms. The van der Waals surface area contributed by atoms with Crippen molar-refractivity contribution in [3.63, 3.8) is 0 Å². The van der Waals surface area contributed by atoms with Gasteiger partial charge in [0, 0.05) is 23.8 Å². The molecule has 222 valence electrons. The molecule has 1 atom stereocenters. The zero-order valence-electron chi connectivity index (χ0n) is 22.2. The van der Waals surface area contributed by atoms with Crippen LogP contribution in [0, 0.1) is 0 Å². The number of hydrogen-bond acceptors (Lipinski definition) is 7. The Morgan fingerprint density at radius 3 is 2.31 bits per heavy atom. The topological polar surface area (TPSA) is 177 Å². The average molecular weight is 604 g/mol. The summed E-state index contributed by atoms with van der Waals surface area (Å²) in [5.74, 6) is -2.57. The molecule has 1 unspecified atom stereocenters. The minimum Gasteiger partial charge on any atom is -0.475 e. The summed E-state index contributed by atoms with van der Waals surface area (Å²) in [4.78, 5) is 26.4. The number of carbonyl (C=O) groups is 2. The lowest BCUT2D eigenvalue weighted by atomic mass is 10.0. The number of aromatic nitrogens is 1. The van der Waals surface area contributed by atoms with Crippen molar-refractivity contribution in [1.29, 1.82) is 0 Å². The lowest BCUT2D eigenvalue weighted by Crippen LogP contribution is -2.33. The molecule has 0 saturated carbocycles. The van der Waals surface area contributed by atoms with Crippen molar-refractivity contribution in [2.24, 2.45) is 5.14 Å². The Bertz CT molecular complexity index is 1700. The van der Waals surface area contributed by atoms with Gasteiger partial charge in [-0.1, -0.05) is 43.3 Å². The van der Waals surface area contributed by atoms with Gasteiger partial charge in [-0.15, -0.1) is 0 Å². The van der Waals surface area contributed by atoms with Crippen molar-refractivity contribution >= 4 is 44.2 Å². The number of nitrogens with zero attached hydrogens (tertiary/aromatic N) is 1. The van der Waals surface area contributed by atoms with Crippen molar-refractivity contribution in [3.05, 3.63) is 95.7 Å². The minimum atomic E-state index is -5.08. The molecule has 0 aliphatic heterocycles. The van der Waals surface area contributed by atoms with Crippen LogP contribution in [0.4, 0.5) is 24.7 Å². The first-order chi connectivity index (χ1) is 19.7. The van der Waals surface area contributed by atoms with Crippen LogP contribution in [0.1, 0.15) is 29.7 Å². The number of aryl methyl sites for hydroxylation is 1. The number of alkyl halides is 3. The summed E-state index contributed by atoms with van der Waals surface area (Å²) in [5, 5.41) is 20.4. The highest BCUT2D eigenvalue weighted by molar-refractivity contribution is 7.89. The first-order valence-electron chi connectivity index (χ1n) is 12.4. The molecule has 0 radical (unpaired) electrons. The van der Waals surface area contributed by atoms with Gasteiger partial charge in [-0.2, -0.15) is 13.2 Å². The molecular formula is C28H28F3N5O5S. The van der Waals surface area contributed by atoms with Gasteiger partial charge >= 0.3 is 12.1 Å². The highest BCUT2D eigenvalue weighted by atomic mass is 32.2. The van der Waals surface area contributed by atoms with Gasteiger partial charge in [0.2, 0.25) is 15.9 Å². The van der Waals surface area contributed by atoms with E-state index in [2.05, 4.69) is 22.5 Å². The number of primary sulfonamides is 1. The zero-order valence-corrected chi connectivity index (χ0v) is 23.0. The second kappa shape index (κ2) is 13.3. The fraction of sp³-hybridized carbons (Fsp3) is 0.179. The molecule has 1 amide bonds. The van der Waals surface area contributed by atoms with Gasteiger partial charge < -0.3 is 21.5 Å². The van der Waals surface area contributed by atoms with E-state index < -0.39 is 28.2 Å². The third-order valence-electron chi connectivity index (χ3n) is 6.00. The Morgan fingerprint density at radius 2 is 1.67 bits per heavy atom. The van der Waals surface area contributed by atoms with Crippen LogP contribution < -0.4 is 21.5 Å². The smallest absolute Gasteiger partial charge is 0.475 e. The number of sulfonamides is 1. The molecule has 0 bridgehead atoms. The number of carboxylic acids is 1. The maximum absolute atomic E-state index is 13.4. The molecule has 0 fully saturated rings. The van der Waals surface area contributed by atoms with E-state index in [1.165, 1.54) is 12.1 Å². The fourth-order valence-electron chi connectivity index (χ4n) is 3.87. The maximum atomic E-state index is 13.4. The van der Waals surface area contributed by atoms with Gasteiger partial charge in [-0.25, -0.2) is 23.3 Å². The first-order valence-corrected chi connectivity index (χ1v) is 13.9. The number of nitrogen functional groups attached to an aromatic ring is 1. The number of aliphatic carboxylic acids is 1. The van der Waals surface area contributed by atoms with Crippen molar-refractivity contribution in [1.82, 2.24) is 10.3 Å². The van der Waals surface area contributed by atoms with Crippen molar-refractivity contribution in [2.45, 2.75) is 37.0 Å². The Labute approximate surface area is 239 Å². The van der Waals surface area contributed by atoms with Gasteiger partial charge in [0.15, 0.2) is 0 Å². The second-order valence-corrected chi connectivity index (χ2v) is 10.6. The lowest BCUT2D eigenvalue weighted by Gasteiger charge is -2.21. The molecule has 7 N–H and O–H groups in total. The first kappa shape index (κ1) is 31.8. The molecule has 0 saturated heterocycles. The van der Waals surface area contributed by atoms with E-state index >= 15 is 0 Å². The molecule has 14 heteroatoms. The number of nitrogens with one attached hydrogen (secondary N) is 2. The van der Waals surface area contributed by atoms with Gasteiger partial charge in [0.25, 0.3) is 0 Å². The molecule has 1 aromatic heterocycles. The Balaban J connectivity index is 0.000000616. The maximum Gasteiger partial charge on any atom is 0.490 e. The molecule has 4 aromatic rings. The van der Waals surface area contributed by atoms with Gasteiger partial charge in [-0.05, 0) is 64.9 Å². The van der Waals surface area contributed by atoms with E-state index in [1.54, 1.807) is 18.3 Å². The molecule has 4 rings (SSSR count). The third-order valence-corrected chi connectivity index (χ3v) is 6.91. The molecule has 42 heavy (non-hydrogen) atoms. The van der Waals surface area contributed by atoms with E-state index in [9.17, 15) is 26.4 Å². The summed E-state index contributed by atoms with van der Waals surface area (Å²) in [7, 11) is -3.83. The standard InChI is InChI=1S/C26H27N5O3S.C2HF3O2/c1-2-17-5-3-7-20(13-17)24(31-21-9-10-23-19(15-21)11-12-29-25(23)27)26(32)30-16-18-6-4-8-22(14-18)35(28,33)34;3-2(4,5)1(6)7/h3-15,24,31H,2,16H2,1H3,(H2,27,29)(H,30,32)(H2,28,33,34);(H,6,7). The number of hydrogen-bond donors (Lipinski definition) is 5. The fourth-order valence-corrected chi connectivity index (χ4v) is 4.46. The summed E-state index contributed by atoms with van der Waals surface area (Å²) in [6.07, 6.45) is -2.60. The van der Waals surface area contributed by atoms with E-state index in [0.717, 1.165) is 34.0 Å². The van der Waals surface area contributed by atoms with E-state index in [4.69, 9.17) is 20.8 Å². The van der Waals surface area contributed by atoms with Crippen LogP contribution in [0.25, 0.3) is 10.8 Å². The van der Waals surface area contributed by atoms with E-state index in [-0.39, 0.29) is 17.3 Å². The zero-order chi connectivity index (χ0) is 31.1. The largest absolute Gasteiger partial charge is 0.490 e. The average Bonchev–Trinajstić information content (AvgIpc) is 2.94. The number of amides is 1. The SMILES string of the molecule is CCc1cccc(C(Nc2ccc3c(N)nccc3c2)C(=O)NCc2cccc(S(N)(=O)=O)c2)c1.O=C(O)C(F)(F)F. The summed E-state index contributed by atoms with van der Waals surface area (Å²) in [6, 6.07) is 20.9. The third kappa shape index (κ3) is 8.65. The number of rotatable bonds is 8. The van der Waals surface area contributed by atoms with Crippen molar-refractivity contribution in [2.75, 3.05) is 11.1 Å². The van der Waals surface area contributed by atoms with Gasteiger partial charge in [0.05, 0.1) is 4.90 Å². The Kier molecular flexibility index (Phi) is 10.1.